The van der Waals surface area contributed by atoms with Crippen molar-refractivity contribution < 1.29 is 37.1 Å². The lowest BCUT2D eigenvalue weighted by Crippen LogP contribution is -2.19. The number of hydrogen-bond acceptors (Lipinski definition) is 7. The van der Waals surface area contributed by atoms with E-state index in [2.05, 4.69) is 19.2 Å². The lowest BCUT2D eigenvalue weighted by atomic mass is 10.2. The highest BCUT2D eigenvalue weighted by Crippen LogP contribution is 2.35. The predicted octanol–water partition coefficient (Wildman–Crippen LogP) is 1.61. The molecular weight excluding hydrogens is 301 g/mol. The van der Waals surface area contributed by atoms with Crippen molar-refractivity contribution in [3.63, 3.8) is 0 Å². The summed E-state index contributed by atoms with van der Waals surface area (Å²) in [6, 6.07) is 0.604. The fraction of sp³-hybridized carbons (Fsp3) is 0.400. The molecule has 0 aliphatic heterocycles. The minimum absolute atomic E-state index is 0.520. The molecule has 0 unspecified atom stereocenters. The monoisotopic (exact) mass is 310 g/mol. The summed E-state index contributed by atoms with van der Waals surface area (Å²) in [6.45, 7) is 0. The summed E-state index contributed by atoms with van der Waals surface area (Å²) >= 11 is 0. The first-order valence-corrected chi connectivity index (χ1v) is 5.22. The van der Waals surface area contributed by atoms with Crippen LogP contribution in [0.15, 0.2) is 6.07 Å². The Morgan fingerprint density at radius 1 is 1.43 bits per heavy atom. The normalized spacial score (nSPS) is 10.9. The lowest BCUT2D eigenvalue weighted by Gasteiger charge is -2.11. The van der Waals surface area contributed by atoms with Crippen molar-refractivity contribution in [3.05, 3.63) is 21.9 Å². The van der Waals surface area contributed by atoms with Gasteiger partial charge < -0.3 is 14.2 Å². The van der Waals surface area contributed by atoms with Crippen LogP contribution in [-0.4, -0.2) is 36.5 Å². The number of carbonyl (C=O) groups excluding carboxylic acids is 1. The van der Waals surface area contributed by atoms with Crippen LogP contribution in [0.3, 0.4) is 0 Å². The molecule has 11 heteroatoms. The number of methoxy groups -OCH3 is 2. The summed E-state index contributed by atoms with van der Waals surface area (Å²) in [4.78, 5) is 24.5. The third kappa shape index (κ3) is 4.47. The van der Waals surface area contributed by atoms with E-state index in [1.54, 1.807) is 0 Å². The van der Waals surface area contributed by atoms with E-state index in [1.165, 1.54) is 0 Å². The Labute approximate surface area is 115 Å². The number of hydrogen-bond donors (Lipinski definition) is 0. The SMILES string of the molecule is COC(=O)Cc1nc(OC(F)(F)F)cc(OC)c1[N+](=O)[O-]. The summed E-state index contributed by atoms with van der Waals surface area (Å²) < 4.78 is 49.0. The molecule has 0 spiro atoms. The minimum atomic E-state index is -5.04. The number of halogens is 3. The van der Waals surface area contributed by atoms with Crippen LogP contribution >= 0.6 is 0 Å². The number of aromatic nitrogens is 1. The standard InChI is InChI=1S/C10H9F3N2O6/c1-19-6-4-7(21-10(11,12)13)14-5(3-8(16)20-2)9(6)15(17)18/h4H,3H2,1-2H3. The Hall–Kier alpha value is -2.59. The van der Waals surface area contributed by atoms with Crippen molar-refractivity contribution in [3.8, 4) is 11.6 Å². The molecule has 116 valence electrons. The van der Waals surface area contributed by atoms with E-state index in [0.29, 0.717) is 6.07 Å². The van der Waals surface area contributed by atoms with Crippen LogP contribution < -0.4 is 9.47 Å². The van der Waals surface area contributed by atoms with E-state index in [-0.39, 0.29) is 0 Å². The van der Waals surface area contributed by atoms with E-state index in [1.807, 2.05) is 0 Å². The third-order valence-electron chi connectivity index (χ3n) is 2.17. The summed E-state index contributed by atoms with van der Waals surface area (Å²) in [6.07, 6.45) is -5.76. The van der Waals surface area contributed by atoms with Crippen LogP contribution in [0.1, 0.15) is 5.69 Å². The Morgan fingerprint density at radius 3 is 2.48 bits per heavy atom. The van der Waals surface area contributed by atoms with Crippen LogP contribution in [0.25, 0.3) is 0 Å². The van der Waals surface area contributed by atoms with Crippen molar-refractivity contribution in [1.29, 1.82) is 0 Å². The average Bonchev–Trinajstić information content (AvgIpc) is 2.35. The van der Waals surface area contributed by atoms with Gasteiger partial charge in [-0.25, -0.2) is 4.98 Å². The van der Waals surface area contributed by atoms with Gasteiger partial charge in [0.15, 0.2) is 0 Å². The predicted molar refractivity (Wildman–Crippen MR) is 59.8 cm³/mol. The molecule has 1 aromatic rings. The molecule has 0 saturated carbocycles. The highest BCUT2D eigenvalue weighted by molar-refractivity contribution is 5.74. The fourth-order valence-corrected chi connectivity index (χ4v) is 1.39. The molecule has 0 radical (unpaired) electrons. The molecule has 8 nitrogen and oxygen atoms in total. The van der Waals surface area contributed by atoms with Crippen molar-refractivity contribution >= 4 is 11.7 Å². The zero-order chi connectivity index (χ0) is 16.2. The van der Waals surface area contributed by atoms with Crippen molar-refractivity contribution in [1.82, 2.24) is 4.98 Å². The maximum atomic E-state index is 12.2. The van der Waals surface area contributed by atoms with E-state index in [4.69, 9.17) is 0 Å². The number of nitro groups is 1. The van der Waals surface area contributed by atoms with Gasteiger partial charge in [-0.3, -0.25) is 14.9 Å². The number of ether oxygens (including phenoxy) is 3. The first-order valence-electron chi connectivity index (χ1n) is 5.22. The topological polar surface area (TPSA) is 101 Å². The Bertz CT molecular complexity index is 560. The highest BCUT2D eigenvalue weighted by atomic mass is 19.4. The summed E-state index contributed by atoms with van der Waals surface area (Å²) in [5.41, 5.74) is -1.30. The number of rotatable bonds is 5. The number of esters is 1. The van der Waals surface area contributed by atoms with Gasteiger partial charge in [-0.1, -0.05) is 0 Å². The van der Waals surface area contributed by atoms with Gasteiger partial charge in [-0.05, 0) is 0 Å². The first kappa shape index (κ1) is 16.5. The maximum absolute atomic E-state index is 12.2. The Morgan fingerprint density at radius 2 is 2.05 bits per heavy atom. The number of alkyl halides is 3. The van der Waals surface area contributed by atoms with Gasteiger partial charge in [0.1, 0.15) is 5.69 Å². The van der Waals surface area contributed by atoms with Gasteiger partial charge in [0.2, 0.25) is 11.6 Å². The van der Waals surface area contributed by atoms with Gasteiger partial charge in [-0.2, -0.15) is 0 Å². The van der Waals surface area contributed by atoms with Gasteiger partial charge in [0, 0.05) is 6.07 Å². The van der Waals surface area contributed by atoms with Gasteiger partial charge in [-0.15, -0.1) is 13.2 Å². The van der Waals surface area contributed by atoms with Gasteiger partial charge in [0.05, 0.1) is 25.6 Å². The Balaban J connectivity index is 3.37. The maximum Gasteiger partial charge on any atom is 0.574 e. The highest BCUT2D eigenvalue weighted by Gasteiger charge is 2.34. The molecule has 0 amide bonds. The molecule has 0 aromatic carbocycles. The fourth-order valence-electron chi connectivity index (χ4n) is 1.39. The Kier molecular flexibility index (Phi) is 4.89. The zero-order valence-electron chi connectivity index (χ0n) is 10.8. The molecule has 1 heterocycles. The van der Waals surface area contributed by atoms with Gasteiger partial charge >= 0.3 is 18.0 Å². The zero-order valence-corrected chi connectivity index (χ0v) is 10.8. The summed E-state index contributed by atoms with van der Waals surface area (Å²) in [5.74, 6) is -2.42. The second kappa shape index (κ2) is 6.24. The van der Waals surface area contributed by atoms with Crippen molar-refractivity contribution in [2.24, 2.45) is 0 Å². The number of nitrogens with zero attached hydrogens (tertiary/aromatic N) is 2. The molecule has 1 aromatic heterocycles. The van der Waals surface area contributed by atoms with Crippen LogP contribution in [0.5, 0.6) is 11.6 Å². The summed E-state index contributed by atoms with van der Waals surface area (Å²) in [5, 5.41) is 10.9. The molecule has 0 aliphatic rings. The molecule has 1 rings (SSSR count). The molecule has 21 heavy (non-hydrogen) atoms. The average molecular weight is 310 g/mol. The van der Waals surface area contributed by atoms with Crippen molar-refractivity contribution in [2.75, 3.05) is 14.2 Å². The lowest BCUT2D eigenvalue weighted by molar-refractivity contribution is -0.386. The van der Waals surface area contributed by atoms with Crippen LogP contribution in [-0.2, 0) is 16.0 Å². The molecule has 0 N–H and O–H groups in total. The van der Waals surface area contributed by atoms with E-state index < -0.39 is 46.7 Å². The third-order valence-corrected chi connectivity index (χ3v) is 2.17. The smallest absolute Gasteiger partial charge is 0.490 e. The van der Waals surface area contributed by atoms with Crippen LogP contribution in [0.4, 0.5) is 18.9 Å². The first-order chi connectivity index (χ1) is 9.67. The van der Waals surface area contributed by atoms with Crippen LogP contribution in [0.2, 0.25) is 0 Å². The van der Waals surface area contributed by atoms with E-state index in [9.17, 15) is 28.1 Å². The molecule has 0 saturated heterocycles. The molecule has 0 aliphatic carbocycles. The molecule has 0 fully saturated rings. The van der Waals surface area contributed by atoms with Gasteiger partial charge in [0.25, 0.3) is 0 Å². The number of pyridine rings is 1. The molecular formula is C10H9F3N2O6. The molecule has 0 atom stereocenters. The second-order valence-corrected chi connectivity index (χ2v) is 3.52. The largest absolute Gasteiger partial charge is 0.574 e. The number of carbonyl (C=O) groups is 1. The summed E-state index contributed by atoms with van der Waals surface area (Å²) in [7, 11) is 2.03. The van der Waals surface area contributed by atoms with E-state index in [0.717, 1.165) is 14.2 Å². The van der Waals surface area contributed by atoms with Crippen LogP contribution in [0, 0.1) is 10.1 Å². The molecule has 0 bridgehead atoms. The quantitative estimate of drug-likeness (QED) is 0.462. The second-order valence-electron chi connectivity index (χ2n) is 3.52. The van der Waals surface area contributed by atoms with Crippen molar-refractivity contribution in [2.45, 2.75) is 12.8 Å². The minimum Gasteiger partial charge on any atom is -0.490 e. The van der Waals surface area contributed by atoms with E-state index >= 15 is 0 Å².